The van der Waals surface area contributed by atoms with Crippen molar-refractivity contribution in [3.63, 3.8) is 0 Å². The summed E-state index contributed by atoms with van der Waals surface area (Å²) < 4.78 is 12.5. The van der Waals surface area contributed by atoms with Crippen molar-refractivity contribution in [2.75, 3.05) is 6.54 Å². The van der Waals surface area contributed by atoms with Crippen LogP contribution in [0.4, 0.5) is 9.18 Å². The number of benzene rings is 1. The first-order valence-corrected chi connectivity index (χ1v) is 4.64. The number of halogens is 1. The highest BCUT2D eigenvalue weighted by Crippen LogP contribution is 2.01. The highest BCUT2D eigenvalue weighted by molar-refractivity contribution is 5.66. The van der Waals surface area contributed by atoms with Crippen LogP contribution in [-0.2, 0) is 11.4 Å². The average Bonchev–Trinajstić information content (AvgIpc) is 2.21. The summed E-state index contributed by atoms with van der Waals surface area (Å²) in [5.74, 6) is -0.289. The Morgan fingerprint density at radius 2 is 2.07 bits per heavy atom. The standard InChI is InChI=1S/C10H13FN2O2/c1-2-12-10(14)15-13-7-8-3-5-9(11)6-4-8/h3-6,13H,2,7H2,1H3,(H,12,14). The second kappa shape index (κ2) is 5.98. The number of amides is 1. The maximum Gasteiger partial charge on any atom is 0.426 e. The summed E-state index contributed by atoms with van der Waals surface area (Å²) in [7, 11) is 0. The Bertz CT molecular complexity index is 314. The lowest BCUT2D eigenvalue weighted by molar-refractivity contribution is 0.0869. The molecule has 0 aliphatic heterocycles. The molecule has 5 heteroatoms. The van der Waals surface area contributed by atoms with Crippen molar-refractivity contribution in [3.8, 4) is 0 Å². The van der Waals surface area contributed by atoms with Crippen LogP contribution in [0.1, 0.15) is 12.5 Å². The minimum absolute atomic E-state index is 0.289. The fourth-order valence-corrected chi connectivity index (χ4v) is 0.968. The Balaban J connectivity index is 2.26. The lowest BCUT2D eigenvalue weighted by Gasteiger charge is -2.05. The van der Waals surface area contributed by atoms with E-state index in [0.29, 0.717) is 13.1 Å². The number of hydroxylamine groups is 1. The van der Waals surface area contributed by atoms with Gasteiger partial charge < -0.3 is 10.2 Å². The fraction of sp³-hybridized carbons (Fsp3) is 0.300. The van der Waals surface area contributed by atoms with Gasteiger partial charge in [-0.2, -0.15) is 0 Å². The van der Waals surface area contributed by atoms with Crippen molar-refractivity contribution in [2.24, 2.45) is 0 Å². The van der Waals surface area contributed by atoms with Gasteiger partial charge in [0.25, 0.3) is 0 Å². The molecule has 0 unspecified atom stereocenters. The van der Waals surface area contributed by atoms with Crippen LogP contribution in [0.25, 0.3) is 0 Å². The molecule has 82 valence electrons. The number of hydrogen-bond acceptors (Lipinski definition) is 3. The molecule has 4 nitrogen and oxygen atoms in total. The third-order valence-corrected chi connectivity index (χ3v) is 1.68. The molecule has 0 aliphatic rings. The van der Waals surface area contributed by atoms with Gasteiger partial charge in [-0.15, -0.1) is 5.48 Å². The summed E-state index contributed by atoms with van der Waals surface area (Å²) in [4.78, 5) is 15.5. The molecule has 0 bridgehead atoms. The van der Waals surface area contributed by atoms with Crippen LogP contribution in [0.5, 0.6) is 0 Å². The van der Waals surface area contributed by atoms with Crippen LogP contribution in [0.3, 0.4) is 0 Å². The highest BCUT2D eigenvalue weighted by Gasteiger charge is 1.99. The summed E-state index contributed by atoms with van der Waals surface area (Å²) >= 11 is 0. The van der Waals surface area contributed by atoms with E-state index in [2.05, 4.69) is 15.6 Å². The second-order valence-electron chi connectivity index (χ2n) is 2.87. The molecule has 0 aromatic heterocycles. The highest BCUT2D eigenvalue weighted by atomic mass is 19.1. The van der Waals surface area contributed by atoms with E-state index in [1.54, 1.807) is 19.1 Å². The smallest absolute Gasteiger partial charge is 0.354 e. The molecule has 1 amide bonds. The molecule has 15 heavy (non-hydrogen) atoms. The molecule has 1 rings (SSSR count). The van der Waals surface area contributed by atoms with Gasteiger partial charge in [0, 0.05) is 6.54 Å². The van der Waals surface area contributed by atoms with E-state index in [0.717, 1.165) is 5.56 Å². The summed E-state index contributed by atoms with van der Waals surface area (Å²) in [6, 6.07) is 5.93. The summed E-state index contributed by atoms with van der Waals surface area (Å²) in [5, 5.41) is 2.46. The average molecular weight is 212 g/mol. The summed E-state index contributed by atoms with van der Waals surface area (Å²) in [6.45, 7) is 2.65. The second-order valence-corrected chi connectivity index (χ2v) is 2.87. The Kier molecular flexibility index (Phi) is 4.56. The molecule has 0 radical (unpaired) electrons. The van der Waals surface area contributed by atoms with Gasteiger partial charge in [-0.25, -0.2) is 9.18 Å². The predicted molar refractivity (Wildman–Crippen MR) is 53.4 cm³/mol. The fourth-order valence-electron chi connectivity index (χ4n) is 0.968. The number of carbonyl (C=O) groups is 1. The van der Waals surface area contributed by atoms with Gasteiger partial charge >= 0.3 is 6.09 Å². The molecule has 1 aromatic carbocycles. The van der Waals surface area contributed by atoms with E-state index in [9.17, 15) is 9.18 Å². The zero-order valence-electron chi connectivity index (χ0n) is 8.42. The minimum atomic E-state index is -0.528. The minimum Gasteiger partial charge on any atom is -0.354 e. The van der Waals surface area contributed by atoms with E-state index in [-0.39, 0.29) is 5.82 Å². The summed E-state index contributed by atoms with van der Waals surface area (Å²) in [5.41, 5.74) is 3.31. The molecule has 1 aromatic rings. The van der Waals surface area contributed by atoms with Crippen molar-refractivity contribution in [3.05, 3.63) is 35.6 Å². The van der Waals surface area contributed by atoms with Crippen molar-refractivity contribution in [1.29, 1.82) is 0 Å². The lowest BCUT2D eigenvalue weighted by Crippen LogP contribution is -2.29. The van der Waals surface area contributed by atoms with Gasteiger partial charge in [0.2, 0.25) is 0 Å². The largest absolute Gasteiger partial charge is 0.426 e. The van der Waals surface area contributed by atoms with Gasteiger partial charge in [-0.05, 0) is 24.6 Å². The normalized spacial score (nSPS) is 9.73. The van der Waals surface area contributed by atoms with E-state index < -0.39 is 6.09 Å². The first-order valence-electron chi connectivity index (χ1n) is 4.64. The SMILES string of the molecule is CCNC(=O)ONCc1ccc(F)cc1. The number of nitrogens with one attached hydrogen (secondary N) is 2. The maximum absolute atomic E-state index is 12.5. The van der Waals surface area contributed by atoms with Gasteiger partial charge in [0.1, 0.15) is 5.82 Å². The maximum atomic E-state index is 12.5. The molecule has 0 fully saturated rings. The van der Waals surface area contributed by atoms with E-state index >= 15 is 0 Å². The molecule has 0 atom stereocenters. The van der Waals surface area contributed by atoms with E-state index in [1.807, 2.05) is 0 Å². The molecule has 0 saturated carbocycles. The van der Waals surface area contributed by atoms with Crippen molar-refractivity contribution in [1.82, 2.24) is 10.8 Å². The van der Waals surface area contributed by atoms with Gasteiger partial charge in [-0.3, -0.25) is 0 Å². The monoisotopic (exact) mass is 212 g/mol. The predicted octanol–water partition coefficient (Wildman–Crippen LogP) is 1.58. The number of rotatable bonds is 4. The van der Waals surface area contributed by atoms with Crippen LogP contribution in [0, 0.1) is 5.82 Å². The lowest BCUT2D eigenvalue weighted by atomic mass is 10.2. The third-order valence-electron chi connectivity index (χ3n) is 1.68. The molecule has 0 spiro atoms. The van der Waals surface area contributed by atoms with Crippen LogP contribution >= 0.6 is 0 Å². The quantitative estimate of drug-likeness (QED) is 0.745. The molecule has 0 saturated heterocycles. The van der Waals surface area contributed by atoms with E-state index in [4.69, 9.17) is 0 Å². The molecule has 0 aliphatic carbocycles. The van der Waals surface area contributed by atoms with E-state index in [1.165, 1.54) is 12.1 Å². The number of hydrogen-bond donors (Lipinski definition) is 2. The number of carbonyl (C=O) groups excluding carboxylic acids is 1. The Hall–Kier alpha value is -1.62. The Labute approximate surface area is 87.4 Å². The molecular formula is C10H13FN2O2. The van der Waals surface area contributed by atoms with Gasteiger partial charge in [0.05, 0.1) is 6.54 Å². The van der Waals surface area contributed by atoms with Crippen molar-refractivity contribution >= 4 is 6.09 Å². The Morgan fingerprint density at radius 1 is 1.40 bits per heavy atom. The topological polar surface area (TPSA) is 50.4 Å². The van der Waals surface area contributed by atoms with Crippen molar-refractivity contribution in [2.45, 2.75) is 13.5 Å². The van der Waals surface area contributed by atoms with Crippen LogP contribution < -0.4 is 10.8 Å². The van der Waals surface area contributed by atoms with Crippen LogP contribution in [-0.4, -0.2) is 12.6 Å². The zero-order chi connectivity index (χ0) is 11.1. The van der Waals surface area contributed by atoms with Crippen molar-refractivity contribution < 1.29 is 14.0 Å². The van der Waals surface area contributed by atoms with Crippen LogP contribution in [0.2, 0.25) is 0 Å². The van der Waals surface area contributed by atoms with Gasteiger partial charge in [-0.1, -0.05) is 12.1 Å². The Morgan fingerprint density at radius 3 is 2.67 bits per heavy atom. The first kappa shape index (κ1) is 11.5. The molecular weight excluding hydrogens is 199 g/mol. The molecule has 0 heterocycles. The first-order chi connectivity index (χ1) is 7.22. The third kappa shape index (κ3) is 4.42. The zero-order valence-corrected chi connectivity index (χ0v) is 8.42. The molecule has 2 N–H and O–H groups in total. The van der Waals surface area contributed by atoms with Crippen LogP contribution in [0.15, 0.2) is 24.3 Å². The van der Waals surface area contributed by atoms with Gasteiger partial charge in [0.15, 0.2) is 0 Å². The summed E-state index contributed by atoms with van der Waals surface area (Å²) in [6.07, 6.45) is -0.528.